The molecule has 0 bridgehead atoms. The molecule has 2 aromatic heterocycles. The number of hydrogen-bond acceptors (Lipinski definition) is 4. The lowest BCUT2D eigenvalue weighted by Gasteiger charge is -2.06. The second-order valence-corrected chi connectivity index (χ2v) is 6.17. The maximum Gasteiger partial charge on any atom is 0.229 e. The van der Waals surface area contributed by atoms with Crippen LogP contribution in [-0.2, 0) is 10.0 Å². The van der Waals surface area contributed by atoms with Crippen LogP contribution >= 0.6 is 0 Å². The molecule has 3 rings (SSSR count). The summed E-state index contributed by atoms with van der Waals surface area (Å²) in [4.78, 5) is 3.96. The number of anilines is 1. The summed E-state index contributed by atoms with van der Waals surface area (Å²) in [5.41, 5.74) is 3.15. The second kappa shape index (κ2) is 4.61. The highest BCUT2D eigenvalue weighted by atomic mass is 32.2. The molecule has 0 radical (unpaired) electrons. The Morgan fingerprint density at radius 1 is 1.20 bits per heavy atom. The molecule has 0 aliphatic carbocycles. The molecule has 1 aromatic carbocycles. The molecule has 1 N–H and O–H groups in total. The van der Waals surface area contributed by atoms with Crippen molar-refractivity contribution in [2.45, 2.75) is 0 Å². The fourth-order valence-electron chi connectivity index (χ4n) is 2.04. The van der Waals surface area contributed by atoms with E-state index in [1.807, 2.05) is 18.2 Å². The van der Waals surface area contributed by atoms with Gasteiger partial charge in [-0.3, -0.25) is 4.72 Å². The number of nitrogens with one attached hydrogen (secondary N) is 1. The van der Waals surface area contributed by atoms with E-state index in [4.69, 9.17) is 0 Å². The first-order valence-corrected chi connectivity index (χ1v) is 7.78. The zero-order valence-corrected chi connectivity index (χ0v) is 11.5. The highest BCUT2D eigenvalue weighted by molar-refractivity contribution is 7.92. The van der Waals surface area contributed by atoms with Crippen molar-refractivity contribution in [1.82, 2.24) is 14.6 Å². The smallest absolute Gasteiger partial charge is 0.229 e. The quantitative estimate of drug-likeness (QED) is 0.797. The van der Waals surface area contributed by atoms with E-state index in [0.29, 0.717) is 5.69 Å². The first-order chi connectivity index (χ1) is 9.53. The van der Waals surface area contributed by atoms with Crippen molar-refractivity contribution >= 4 is 21.2 Å². The minimum atomic E-state index is -3.29. The van der Waals surface area contributed by atoms with E-state index in [9.17, 15) is 8.42 Å². The van der Waals surface area contributed by atoms with E-state index < -0.39 is 10.0 Å². The number of sulfonamides is 1. The molecule has 0 saturated heterocycles. The van der Waals surface area contributed by atoms with Crippen molar-refractivity contribution in [1.29, 1.82) is 0 Å². The predicted molar refractivity (Wildman–Crippen MR) is 76.9 cm³/mol. The topological polar surface area (TPSA) is 76.4 Å². The van der Waals surface area contributed by atoms with E-state index in [1.165, 1.54) is 6.33 Å². The molecule has 0 saturated carbocycles. The van der Waals surface area contributed by atoms with E-state index >= 15 is 0 Å². The Hall–Kier alpha value is -2.41. The van der Waals surface area contributed by atoms with Gasteiger partial charge in [0.15, 0.2) is 0 Å². The first kappa shape index (κ1) is 12.6. The fraction of sp³-hybridized carbons (Fsp3) is 0.0769. The molecule has 3 aromatic rings. The lowest BCUT2D eigenvalue weighted by molar-refractivity contribution is 0.607. The summed E-state index contributed by atoms with van der Waals surface area (Å²) in [6.45, 7) is 0. The number of aromatic nitrogens is 3. The Balaban J connectivity index is 2.08. The molecule has 0 aliphatic heterocycles. The van der Waals surface area contributed by atoms with Crippen LogP contribution in [0.25, 0.3) is 16.8 Å². The number of hydrogen-bond donors (Lipinski definition) is 1. The normalized spacial score (nSPS) is 11.7. The van der Waals surface area contributed by atoms with Crippen LogP contribution in [0.4, 0.5) is 5.69 Å². The predicted octanol–water partition coefficient (Wildman–Crippen LogP) is 1.77. The van der Waals surface area contributed by atoms with Crippen molar-refractivity contribution < 1.29 is 8.42 Å². The van der Waals surface area contributed by atoms with Crippen LogP contribution in [-0.4, -0.2) is 29.3 Å². The van der Waals surface area contributed by atoms with Crippen LogP contribution in [0.1, 0.15) is 0 Å². The van der Waals surface area contributed by atoms with Crippen LogP contribution in [0.5, 0.6) is 0 Å². The Morgan fingerprint density at radius 2 is 2.05 bits per heavy atom. The summed E-state index contributed by atoms with van der Waals surface area (Å²) in [6.07, 6.45) is 4.31. The Bertz CT molecular complexity index is 871. The minimum Gasteiger partial charge on any atom is -0.284 e. The van der Waals surface area contributed by atoms with Crippen LogP contribution in [0.15, 0.2) is 48.9 Å². The minimum absolute atomic E-state index is 0.522. The van der Waals surface area contributed by atoms with Crippen molar-refractivity contribution in [3.63, 3.8) is 0 Å². The van der Waals surface area contributed by atoms with Gasteiger partial charge in [-0.2, -0.15) is 5.10 Å². The molecule has 0 amide bonds. The monoisotopic (exact) mass is 288 g/mol. The first-order valence-electron chi connectivity index (χ1n) is 5.89. The van der Waals surface area contributed by atoms with Gasteiger partial charge in [-0.1, -0.05) is 12.1 Å². The largest absolute Gasteiger partial charge is 0.284 e. The maximum atomic E-state index is 11.3. The van der Waals surface area contributed by atoms with Crippen molar-refractivity contribution in [3.8, 4) is 11.3 Å². The number of fused-ring (bicyclic) bond motifs is 1. The van der Waals surface area contributed by atoms with E-state index in [2.05, 4.69) is 14.8 Å². The molecular weight excluding hydrogens is 276 g/mol. The number of nitrogens with zero attached hydrogens (tertiary/aromatic N) is 3. The third kappa shape index (κ3) is 2.48. The third-order valence-electron chi connectivity index (χ3n) is 2.79. The lowest BCUT2D eigenvalue weighted by Crippen LogP contribution is -2.09. The molecular formula is C13H12N4O2S. The van der Waals surface area contributed by atoms with Gasteiger partial charge in [-0.25, -0.2) is 17.9 Å². The number of rotatable bonds is 3. The van der Waals surface area contributed by atoms with Crippen molar-refractivity contribution in [2.24, 2.45) is 0 Å². The van der Waals surface area contributed by atoms with Gasteiger partial charge in [0, 0.05) is 11.3 Å². The van der Waals surface area contributed by atoms with Crippen molar-refractivity contribution in [3.05, 3.63) is 48.9 Å². The van der Waals surface area contributed by atoms with Crippen LogP contribution in [0.2, 0.25) is 0 Å². The molecule has 0 unspecified atom stereocenters. The molecule has 6 nitrogen and oxygen atoms in total. The zero-order valence-electron chi connectivity index (χ0n) is 10.7. The van der Waals surface area contributed by atoms with E-state index in [1.54, 1.807) is 28.9 Å². The highest BCUT2D eigenvalue weighted by Gasteiger charge is 2.07. The van der Waals surface area contributed by atoms with E-state index in [-0.39, 0.29) is 0 Å². The average Bonchev–Trinajstić information content (AvgIpc) is 2.81. The van der Waals surface area contributed by atoms with Gasteiger partial charge in [0.25, 0.3) is 0 Å². The summed E-state index contributed by atoms with van der Waals surface area (Å²) in [5, 5.41) is 4.19. The Labute approximate surface area is 116 Å². The summed E-state index contributed by atoms with van der Waals surface area (Å²) in [5.74, 6) is 0. The summed E-state index contributed by atoms with van der Waals surface area (Å²) < 4.78 is 26.8. The number of benzene rings is 1. The fourth-order valence-corrected chi connectivity index (χ4v) is 2.59. The molecule has 20 heavy (non-hydrogen) atoms. The molecule has 0 spiro atoms. The lowest BCUT2D eigenvalue weighted by atomic mass is 10.1. The van der Waals surface area contributed by atoms with E-state index in [0.717, 1.165) is 23.0 Å². The second-order valence-electron chi connectivity index (χ2n) is 4.42. The highest BCUT2D eigenvalue weighted by Crippen LogP contribution is 2.24. The maximum absolute atomic E-state index is 11.3. The SMILES string of the molecule is CS(=O)(=O)Nc1cccc(-c2ccc3cncnn23)c1. The van der Waals surface area contributed by atoms with Crippen LogP contribution in [0.3, 0.4) is 0 Å². The standard InChI is InChI=1S/C13H12N4O2S/c1-20(18,19)16-11-4-2-3-10(7-11)13-6-5-12-8-14-9-15-17(12)13/h2-9,16H,1H3. The summed E-state index contributed by atoms with van der Waals surface area (Å²) >= 11 is 0. The molecule has 102 valence electrons. The third-order valence-corrected chi connectivity index (χ3v) is 3.39. The molecule has 0 fully saturated rings. The Morgan fingerprint density at radius 3 is 2.85 bits per heavy atom. The molecule has 0 aliphatic rings. The summed E-state index contributed by atoms with van der Waals surface area (Å²) in [6, 6.07) is 11.0. The summed E-state index contributed by atoms with van der Waals surface area (Å²) in [7, 11) is -3.29. The van der Waals surface area contributed by atoms with Crippen molar-refractivity contribution in [2.75, 3.05) is 11.0 Å². The zero-order chi connectivity index (χ0) is 14.2. The average molecular weight is 288 g/mol. The van der Waals surface area contributed by atoms with Gasteiger partial charge in [-0.05, 0) is 24.3 Å². The van der Waals surface area contributed by atoms with Gasteiger partial charge in [0.2, 0.25) is 10.0 Å². The molecule has 2 heterocycles. The van der Waals surface area contributed by atoms with Gasteiger partial charge in [0.1, 0.15) is 6.33 Å². The molecule has 7 heteroatoms. The van der Waals surface area contributed by atoms with Crippen LogP contribution in [0, 0.1) is 0 Å². The van der Waals surface area contributed by atoms with Gasteiger partial charge in [0.05, 0.1) is 23.7 Å². The Kier molecular flexibility index (Phi) is 2.90. The van der Waals surface area contributed by atoms with Gasteiger partial charge in [-0.15, -0.1) is 0 Å². The van der Waals surface area contributed by atoms with Gasteiger partial charge < -0.3 is 0 Å². The van der Waals surface area contributed by atoms with Gasteiger partial charge >= 0.3 is 0 Å². The van der Waals surface area contributed by atoms with Crippen LogP contribution < -0.4 is 4.72 Å². The molecule has 0 atom stereocenters.